The number of hydrogen-bond donors (Lipinski definition) is 1. The lowest BCUT2D eigenvalue weighted by Gasteiger charge is -2.37. The molecule has 1 fully saturated rings. The molecular formula is C28H36N4O5. The summed E-state index contributed by atoms with van der Waals surface area (Å²) >= 11 is 0. The van der Waals surface area contributed by atoms with Gasteiger partial charge in [-0.3, -0.25) is 14.2 Å². The summed E-state index contributed by atoms with van der Waals surface area (Å²) in [6.07, 6.45) is 2.59. The Kier molecular flexibility index (Phi) is 8.21. The molecule has 2 aromatic carbocycles. The van der Waals surface area contributed by atoms with Gasteiger partial charge in [0.25, 0.3) is 5.56 Å². The number of hydrogen-bond acceptors (Lipinski definition) is 6. The van der Waals surface area contributed by atoms with Gasteiger partial charge in [-0.05, 0) is 49.9 Å². The van der Waals surface area contributed by atoms with E-state index in [1.54, 1.807) is 12.1 Å². The van der Waals surface area contributed by atoms with E-state index in [0.29, 0.717) is 41.8 Å². The minimum atomic E-state index is -0.456. The van der Waals surface area contributed by atoms with Crippen molar-refractivity contribution >= 4 is 22.5 Å². The third-order valence-corrected chi connectivity index (χ3v) is 7.10. The van der Waals surface area contributed by atoms with Crippen LogP contribution in [-0.4, -0.2) is 60.8 Å². The van der Waals surface area contributed by atoms with E-state index in [1.807, 2.05) is 4.90 Å². The first-order valence-corrected chi connectivity index (χ1v) is 12.8. The van der Waals surface area contributed by atoms with Crippen LogP contribution in [0.5, 0.6) is 11.5 Å². The van der Waals surface area contributed by atoms with Crippen molar-refractivity contribution in [3.05, 3.63) is 62.3 Å². The van der Waals surface area contributed by atoms with Gasteiger partial charge in [-0.25, -0.2) is 4.79 Å². The normalized spacial score (nSPS) is 13.7. The number of carbonyl (C=O) groups is 1. The molecule has 1 aliphatic rings. The smallest absolute Gasteiger partial charge is 0.328 e. The van der Waals surface area contributed by atoms with Gasteiger partial charge in [0.2, 0.25) is 5.91 Å². The van der Waals surface area contributed by atoms with E-state index < -0.39 is 5.69 Å². The first kappa shape index (κ1) is 26.3. The van der Waals surface area contributed by atoms with Crippen molar-refractivity contribution in [3.63, 3.8) is 0 Å². The van der Waals surface area contributed by atoms with Crippen molar-refractivity contribution in [1.82, 2.24) is 14.5 Å². The first-order chi connectivity index (χ1) is 17.8. The van der Waals surface area contributed by atoms with E-state index in [-0.39, 0.29) is 11.5 Å². The standard InChI is InChI=1S/C28H36N4O5/c1-19-9-10-20(2)23(16-19)30-12-14-31(15-13-30)26(33)8-6-5-7-11-32-27(34)21-17-24(36-3)25(37-4)18-22(21)29-28(32)35/h9-10,16-18H,5-8,11-15H2,1-4H3,(H,29,35). The Hall–Kier alpha value is -3.75. The average molecular weight is 509 g/mol. The number of nitrogens with one attached hydrogen (secondary N) is 1. The third kappa shape index (κ3) is 5.81. The number of aromatic nitrogens is 2. The zero-order valence-corrected chi connectivity index (χ0v) is 22.1. The number of amides is 1. The van der Waals surface area contributed by atoms with Gasteiger partial charge in [-0.15, -0.1) is 0 Å². The van der Waals surface area contributed by atoms with Gasteiger partial charge in [0, 0.05) is 50.9 Å². The zero-order valence-electron chi connectivity index (χ0n) is 22.1. The minimum Gasteiger partial charge on any atom is -0.493 e. The number of fused-ring (bicyclic) bond motifs is 1. The van der Waals surface area contributed by atoms with Gasteiger partial charge >= 0.3 is 5.69 Å². The van der Waals surface area contributed by atoms with E-state index in [1.165, 1.54) is 35.6 Å². The second-order valence-corrected chi connectivity index (χ2v) is 9.61. The average Bonchev–Trinajstić information content (AvgIpc) is 2.90. The van der Waals surface area contributed by atoms with Gasteiger partial charge in [0.15, 0.2) is 11.5 Å². The van der Waals surface area contributed by atoms with Crippen LogP contribution in [0.1, 0.15) is 36.8 Å². The first-order valence-electron chi connectivity index (χ1n) is 12.8. The van der Waals surface area contributed by atoms with E-state index >= 15 is 0 Å². The van der Waals surface area contributed by atoms with E-state index in [2.05, 4.69) is 41.9 Å². The number of unbranched alkanes of at least 4 members (excludes halogenated alkanes) is 2. The molecule has 1 N–H and O–H groups in total. The third-order valence-electron chi connectivity index (χ3n) is 7.10. The second kappa shape index (κ2) is 11.5. The van der Waals surface area contributed by atoms with Crippen LogP contribution in [0, 0.1) is 13.8 Å². The highest BCUT2D eigenvalue weighted by Crippen LogP contribution is 2.29. The molecule has 1 saturated heterocycles. The Labute approximate surface area is 216 Å². The molecule has 0 radical (unpaired) electrons. The highest BCUT2D eigenvalue weighted by Gasteiger charge is 2.22. The number of nitrogens with zero attached hydrogens (tertiary/aromatic N) is 3. The summed E-state index contributed by atoms with van der Waals surface area (Å²) in [4.78, 5) is 45.3. The van der Waals surface area contributed by atoms with Crippen LogP contribution < -0.4 is 25.6 Å². The molecule has 9 nitrogen and oxygen atoms in total. The van der Waals surface area contributed by atoms with Crippen LogP contribution in [0.15, 0.2) is 39.9 Å². The molecule has 1 amide bonds. The van der Waals surface area contributed by atoms with Crippen LogP contribution in [0.3, 0.4) is 0 Å². The molecule has 37 heavy (non-hydrogen) atoms. The molecule has 9 heteroatoms. The van der Waals surface area contributed by atoms with Crippen molar-refractivity contribution < 1.29 is 14.3 Å². The molecular weight excluding hydrogens is 472 g/mol. The number of piperazine rings is 1. The number of ether oxygens (including phenoxy) is 2. The number of anilines is 1. The van der Waals surface area contributed by atoms with Crippen LogP contribution in [0.25, 0.3) is 10.9 Å². The molecule has 4 rings (SSSR count). The summed E-state index contributed by atoms with van der Waals surface area (Å²) in [6.45, 7) is 7.64. The van der Waals surface area contributed by atoms with Crippen LogP contribution in [0.2, 0.25) is 0 Å². The zero-order chi connectivity index (χ0) is 26.5. The van der Waals surface area contributed by atoms with Crippen LogP contribution in [0.4, 0.5) is 5.69 Å². The Morgan fingerprint density at radius 1 is 0.919 bits per heavy atom. The molecule has 198 valence electrons. The van der Waals surface area contributed by atoms with Crippen molar-refractivity contribution in [2.24, 2.45) is 0 Å². The molecule has 0 atom stereocenters. The molecule has 3 aromatic rings. The SMILES string of the molecule is COc1cc2[nH]c(=O)n(CCCCCC(=O)N3CCN(c4cc(C)ccc4C)CC3)c(=O)c2cc1OC. The highest BCUT2D eigenvalue weighted by atomic mass is 16.5. The van der Waals surface area contributed by atoms with Crippen molar-refractivity contribution in [2.45, 2.75) is 46.1 Å². The van der Waals surface area contributed by atoms with Crippen LogP contribution >= 0.6 is 0 Å². The predicted octanol–water partition coefficient (Wildman–Crippen LogP) is 3.23. The fourth-order valence-corrected chi connectivity index (χ4v) is 4.92. The molecule has 2 heterocycles. The van der Waals surface area contributed by atoms with Crippen molar-refractivity contribution in [3.8, 4) is 11.5 Å². The number of methoxy groups -OCH3 is 2. The fourth-order valence-electron chi connectivity index (χ4n) is 4.92. The maximum Gasteiger partial charge on any atom is 0.328 e. The van der Waals surface area contributed by atoms with Gasteiger partial charge in [-0.2, -0.15) is 0 Å². The number of benzene rings is 2. The number of H-pyrrole nitrogens is 1. The molecule has 0 aliphatic carbocycles. The summed E-state index contributed by atoms with van der Waals surface area (Å²) < 4.78 is 11.8. The largest absolute Gasteiger partial charge is 0.493 e. The maximum atomic E-state index is 12.9. The topological polar surface area (TPSA) is 96.9 Å². The molecule has 1 aliphatic heterocycles. The molecule has 0 saturated carbocycles. The van der Waals surface area contributed by atoms with E-state index in [9.17, 15) is 14.4 Å². The fraction of sp³-hybridized carbons (Fsp3) is 0.464. The Bertz CT molecular complexity index is 1390. The minimum absolute atomic E-state index is 0.169. The number of aromatic amines is 1. The Morgan fingerprint density at radius 3 is 2.32 bits per heavy atom. The highest BCUT2D eigenvalue weighted by molar-refractivity contribution is 5.81. The lowest BCUT2D eigenvalue weighted by atomic mass is 10.1. The van der Waals surface area contributed by atoms with Crippen molar-refractivity contribution in [2.75, 3.05) is 45.3 Å². The summed E-state index contributed by atoms with van der Waals surface area (Å²) in [7, 11) is 3.00. The molecule has 1 aromatic heterocycles. The molecule has 0 unspecified atom stereocenters. The number of aryl methyl sites for hydroxylation is 2. The summed E-state index contributed by atoms with van der Waals surface area (Å²) in [5.41, 5.74) is 3.34. The number of carbonyl (C=O) groups excluding carboxylic acids is 1. The van der Waals surface area contributed by atoms with Crippen molar-refractivity contribution in [1.29, 1.82) is 0 Å². The Balaban J connectivity index is 1.27. The predicted molar refractivity (Wildman–Crippen MR) is 145 cm³/mol. The lowest BCUT2D eigenvalue weighted by molar-refractivity contribution is -0.131. The quantitative estimate of drug-likeness (QED) is 0.446. The summed E-state index contributed by atoms with van der Waals surface area (Å²) in [5, 5.41) is 0.368. The van der Waals surface area contributed by atoms with E-state index in [4.69, 9.17) is 9.47 Å². The van der Waals surface area contributed by atoms with Gasteiger partial charge < -0.3 is 24.3 Å². The van der Waals surface area contributed by atoms with E-state index in [0.717, 1.165) is 39.0 Å². The summed E-state index contributed by atoms with van der Waals surface area (Å²) in [6, 6.07) is 9.66. The van der Waals surface area contributed by atoms with Gasteiger partial charge in [0.1, 0.15) is 0 Å². The second-order valence-electron chi connectivity index (χ2n) is 9.61. The molecule has 0 bridgehead atoms. The van der Waals surface area contributed by atoms with Gasteiger partial charge in [0.05, 0.1) is 25.1 Å². The lowest BCUT2D eigenvalue weighted by Crippen LogP contribution is -2.49. The van der Waals surface area contributed by atoms with Gasteiger partial charge in [-0.1, -0.05) is 18.6 Å². The van der Waals surface area contributed by atoms with Crippen LogP contribution in [-0.2, 0) is 11.3 Å². The maximum absolute atomic E-state index is 12.9. The molecule has 0 spiro atoms. The summed E-state index contributed by atoms with van der Waals surface area (Å²) in [5.74, 6) is 1.04. The number of rotatable bonds is 9. The Morgan fingerprint density at radius 2 is 1.62 bits per heavy atom. The monoisotopic (exact) mass is 508 g/mol.